The Morgan fingerprint density at radius 2 is 1.75 bits per heavy atom. The van der Waals surface area contributed by atoms with E-state index in [1.54, 1.807) is 7.11 Å². The van der Waals surface area contributed by atoms with Crippen molar-refractivity contribution >= 4 is 11.9 Å². The monoisotopic (exact) mass is 280 g/mol. The first kappa shape index (κ1) is 16.0. The van der Waals surface area contributed by atoms with E-state index in [1.807, 2.05) is 24.3 Å². The molecule has 0 N–H and O–H groups in total. The van der Waals surface area contributed by atoms with E-state index in [-0.39, 0.29) is 18.0 Å². The number of carbonyl (C=O) groups is 2. The van der Waals surface area contributed by atoms with Crippen LogP contribution in [0.3, 0.4) is 0 Å². The topological polar surface area (TPSA) is 61.8 Å². The fourth-order valence-corrected chi connectivity index (χ4v) is 1.80. The summed E-state index contributed by atoms with van der Waals surface area (Å²) in [6.07, 6.45) is 0.886. The third-order valence-electron chi connectivity index (χ3n) is 2.71. The number of ether oxygens (including phenoxy) is 3. The quantitative estimate of drug-likeness (QED) is 0.567. The van der Waals surface area contributed by atoms with Gasteiger partial charge in [-0.25, -0.2) is 0 Å². The van der Waals surface area contributed by atoms with E-state index in [2.05, 4.69) is 0 Å². The molecule has 0 aromatic heterocycles. The molecule has 0 amide bonds. The Hall–Kier alpha value is -2.04. The van der Waals surface area contributed by atoms with Crippen LogP contribution in [0.1, 0.15) is 38.4 Å². The molecule has 5 heteroatoms. The molecule has 1 rings (SSSR count). The molecule has 20 heavy (non-hydrogen) atoms. The summed E-state index contributed by atoms with van der Waals surface area (Å²) in [4.78, 5) is 21.8. The molecular formula is C15H20O5. The fraction of sp³-hybridized carbons (Fsp3) is 0.467. The zero-order valence-corrected chi connectivity index (χ0v) is 12.0. The number of hydrogen-bond donors (Lipinski definition) is 0. The molecule has 1 atom stereocenters. The molecule has 0 fully saturated rings. The van der Waals surface area contributed by atoms with Crippen molar-refractivity contribution < 1.29 is 23.8 Å². The molecule has 0 aliphatic heterocycles. The molecule has 1 aromatic rings. The Kier molecular flexibility index (Phi) is 6.56. The van der Waals surface area contributed by atoms with E-state index in [4.69, 9.17) is 14.2 Å². The number of benzene rings is 1. The first-order valence-corrected chi connectivity index (χ1v) is 6.47. The molecule has 5 nitrogen and oxygen atoms in total. The average molecular weight is 280 g/mol. The van der Waals surface area contributed by atoms with Gasteiger partial charge in [-0.2, -0.15) is 0 Å². The van der Waals surface area contributed by atoms with Crippen molar-refractivity contribution in [3.8, 4) is 5.75 Å². The van der Waals surface area contributed by atoms with Gasteiger partial charge in [0.2, 0.25) is 0 Å². The van der Waals surface area contributed by atoms with Crippen LogP contribution in [0.5, 0.6) is 5.75 Å². The van der Waals surface area contributed by atoms with Crippen LogP contribution < -0.4 is 4.74 Å². The van der Waals surface area contributed by atoms with Crippen LogP contribution in [0.15, 0.2) is 24.3 Å². The van der Waals surface area contributed by atoms with Crippen LogP contribution in [0.25, 0.3) is 0 Å². The third kappa shape index (κ3) is 5.73. The van der Waals surface area contributed by atoms with E-state index in [0.29, 0.717) is 19.4 Å². The zero-order valence-electron chi connectivity index (χ0n) is 12.0. The number of carbonyl (C=O) groups excluding carboxylic acids is 2. The minimum absolute atomic E-state index is 0.307. The second-order valence-electron chi connectivity index (χ2n) is 4.35. The van der Waals surface area contributed by atoms with Crippen LogP contribution in [0.4, 0.5) is 0 Å². The highest BCUT2D eigenvalue weighted by Crippen LogP contribution is 2.25. The van der Waals surface area contributed by atoms with Crippen molar-refractivity contribution in [2.45, 2.75) is 32.8 Å². The SMILES string of the molecule is COc1ccc([C@@H](CCCOC(C)=O)OC(C)=O)cc1. The van der Waals surface area contributed by atoms with Crippen LogP contribution in [0.2, 0.25) is 0 Å². The number of rotatable bonds is 7. The Balaban J connectivity index is 2.62. The molecule has 0 saturated carbocycles. The van der Waals surface area contributed by atoms with E-state index in [0.717, 1.165) is 11.3 Å². The zero-order chi connectivity index (χ0) is 15.0. The van der Waals surface area contributed by atoms with Crippen molar-refractivity contribution in [3.05, 3.63) is 29.8 Å². The smallest absolute Gasteiger partial charge is 0.303 e. The van der Waals surface area contributed by atoms with E-state index >= 15 is 0 Å². The van der Waals surface area contributed by atoms with Crippen molar-refractivity contribution in [1.82, 2.24) is 0 Å². The number of methoxy groups -OCH3 is 1. The normalized spacial score (nSPS) is 11.6. The lowest BCUT2D eigenvalue weighted by Gasteiger charge is -2.17. The molecule has 0 saturated heterocycles. The van der Waals surface area contributed by atoms with Crippen LogP contribution in [-0.4, -0.2) is 25.7 Å². The summed E-state index contributed by atoms with van der Waals surface area (Å²) in [7, 11) is 1.59. The van der Waals surface area contributed by atoms with Crippen LogP contribution in [-0.2, 0) is 19.1 Å². The second-order valence-corrected chi connectivity index (χ2v) is 4.35. The molecule has 110 valence electrons. The lowest BCUT2D eigenvalue weighted by Crippen LogP contribution is -2.10. The van der Waals surface area contributed by atoms with E-state index < -0.39 is 0 Å². The molecular weight excluding hydrogens is 260 g/mol. The summed E-state index contributed by atoms with van der Waals surface area (Å²) >= 11 is 0. The van der Waals surface area contributed by atoms with Crippen molar-refractivity contribution in [1.29, 1.82) is 0 Å². The Morgan fingerprint density at radius 1 is 1.10 bits per heavy atom. The highest BCUT2D eigenvalue weighted by molar-refractivity contribution is 5.66. The second kappa shape index (κ2) is 8.19. The van der Waals surface area contributed by atoms with E-state index in [1.165, 1.54) is 13.8 Å². The van der Waals surface area contributed by atoms with Crippen molar-refractivity contribution in [2.75, 3.05) is 13.7 Å². The summed E-state index contributed by atoms with van der Waals surface area (Å²) in [5, 5.41) is 0. The first-order chi connectivity index (χ1) is 9.52. The van der Waals surface area contributed by atoms with Gasteiger partial charge >= 0.3 is 11.9 Å². The van der Waals surface area contributed by atoms with Gasteiger partial charge in [-0.1, -0.05) is 12.1 Å². The summed E-state index contributed by atoms with van der Waals surface area (Å²) in [6.45, 7) is 3.07. The summed E-state index contributed by atoms with van der Waals surface area (Å²) in [5.74, 6) is 0.104. The van der Waals surface area contributed by atoms with Gasteiger partial charge in [0.1, 0.15) is 11.9 Å². The predicted octanol–water partition coefficient (Wildman–Crippen LogP) is 2.64. The first-order valence-electron chi connectivity index (χ1n) is 6.47. The maximum absolute atomic E-state index is 11.2. The minimum atomic E-state index is -0.339. The highest BCUT2D eigenvalue weighted by Gasteiger charge is 2.15. The standard InChI is InChI=1S/C15H20O5/c1-11(16)19-10-4-5-15(20-12(2)17)13-6-8-14(18-3)9-7-13/h6-9,15H,4-5,10H2,1-3H3/t15-/m1/s1. The summed E-state index contributed by atoms with van der Waals surface area (Å²) in [5.41, 5.74) is 0.892. The van der Waals surface area contributed by atoms with Gasteiger partial charge in [0.15, 0.2) is 0 Å². The number of esters is 2. The Bertz CT molecular complexity index is 438. The van der Waals surface area contributed by atoms with Crippen LogP contribution >= 0.6 is 0 Å². The maximum atomic E-state index is 11.2. The molecule has 0 heterocycles. The molecule has 0 unspecified atom stereocenters. The van der Waals surface area contributed by atoms with Gasteiger partial charge in [0.05, 0.1) is 13.7 Å². The molecule has 0 radical (unpaired) electrons. The summed E-state index contributed by atoms with van der Waals surface area (Å²) in [6, 6.07) is 7.35. The van der Waals surface area contributed by atoms with Gasteiger partial charge in [0.25, 0.3) is 0 Å². The van der Waals surface area contributed by atoms with Gasteiger partial charge < -0.3 is 14.2 Å². The van der Waals surface area contributed by atoms with Gasteiger partial charge in [-0.15, -0.1) is 0 Å². The third-order valence-corrected chi connectivity index (χ3v) is 2.71. The van der Waals surface area contributed by atoms with Gasteiger partial charge in [0, 0.05) is 13.8 Å². The van der Waals surface area contributed by atoms with Crippen molar-refractivity contribution in [2.24, 2.45) is 0 Å². The largest absolute Gasteiger partial charge is 0.497 e. The molecule has 0 bridgehead atoms. The maximum Gasteiger partial charge on any atom is 0.303 e. The van der Waals surface area contributed by atoms with E-state index in [9.17, 15) is 9.59 Å². The molecule has 0 spiro atoms. The Morgan fingerprint density at radius 3 is 2.25 bits per heavy atom. The van der Waals surface area contributed by atoms with Gasteiger partial charge in [-0.3, -0.25) is 9.59 Å². The highest BCUT2D eigenvalue weighted by atomic mass is 16.5. The number of hydrogen-bond acceptors (Lipinski definition) is 5. The van der Waals surface area contributed by atoms with Gasteiger partial charge in [-0.05, 0) is 30.5 Å². The molecule has 0 aliphatic carbocycles. The molecule has 0 aliphatic rings. The fourth-order valence-electron chi connectivity index (χ4n) is 1.80. The molecule has 1 aromatic carbocycles. The predicted molar refractivity (Wildman–Crippen MR) is 73.4 cm³/mol. The summed E-state index contributed by atoms with van der Waals surface area (Å²) < 4.78 is 15.3. The Labute approximate surface area is 118 Å². The van der Waals surface area contributed by atoms with Crippen LogP contribution in [0, 0.1) is 0 Å². The minimum Gasteiger partial charge on any atom is -0.497 e. The van der Waals surface area contributed by atoms with Crippen molar-refractivity contribution in [3.63, 3.8) is 0 Å². The average Bonchev–Trinajstić information content (AvgIpc) is 2.41. The lowest BCUT2D eigenvalue weighted by molar-refractivity contribution is -0.148. The lowest BCUT2D eigenvalue weighted by atomic mass is 10.0.